The van der Waals surface area contributed by atoms with Crippen LogP contribution in [0, 0.1) is 5.82 Å². The summed E-state index contributed by atoms with van der Waals surface area (Å²) in [4.78, 5) is 16.3. The zero-order chi connectivity index (χ0) is 18.4. The van der Waals surface area contributed by atoms with Gasteiger partial charge in [0.1, 0.15) is 11.6 Å². The summed E-state index contributed by atoms with van der Waals surface area (Å²) in [5, 5.41) is 2.76. The Morgan fingerprint density at radius 2 is 1.77 bits per heavy atom. The van der Waals surface area contributed by atoms with Crippen molar-refractivity contribution in [1.29, 1.82) is 0 Å². The van der Waals surface area contributed by atoms with Gasteiger partial charge in [-0.1, -0.05) is 24.3 Å². The van der Waals surface area contributed by atoms with E-state index in [1.54, 1.807) is 36.4 Å². The maximum absolute atomic E-state index is 12.9. The molecule has 2 aromatic carbocycles. The second kappa shape index (κ2) is 8.38. The molecule has 0 unspecified atom stereocenters. The summed E-state index contributed by atoms with van der Waals surface area (Å²) < 4.78 is 18.3. The SMILES string of the molecule is COc1ccccc1N1CCN(C(=O)N/C=C/c2ccc(F)cc2)CC1. The van der Waals surface area contributed by atoms with Crippen molar-refractivity contribution in [3.63, 3.8) is 0 Å². The average molecular weight is 355 g/mol. The van der Waals surface area contributed by atoms with E-state index < -0.39 is 0 Å². The molecule has 0 saturated carbocycles. The molecule has 1 aliphatic rings. The standard InChI is InChI=1S/C20H22FN3O2/c1-26-19-5-3-2-4-18(19)23-12-14-24(15-13-23)20(25)22-11-10-16-6-8-17(21)9-7-16/h2-11H,12-15H2,1H3,(H,22,25)/b11-10+. The Balaban J connectivity index is 1.51. The third-order valence-electron chi connectivity index (χ3n) is 4.35. The minimum atomic E-state index is -0.279. The van der Waals surface area contributed by atoms with Gasteiger partial charge in [-0.25, -0.2) is 9.18 Å². The van der Waals surface area contributed by atoms with Crippen LogP contribution in [0.1, 0.15) is 5.56 Å². The first-order chi connectivity index (χ1) is 12.7. The Labute approximate surface area is 152 Å². The first kappa shape index (κ1) is 17.8. The summed E-state index contributed by atoms with van der Waals surface area (Å²) >= 11 is 0. The van der Waals surface area contributed by atoms with Gasteiger partial charge in [-0.05, 0) is 35.9 Å². The van der Waals surface area contributed by atoms with Crippen molar-refractivity contribution >= 4 is 17.8 Å². The van der Waals surface area contributed by atoms with Crippen LogP contribution in [0.3, 0.4) is 0 Å². The quantitative estimate of drug-likeness (QED) is 0.915. The summed E-state index contributed by atoms with van der Waals surface area (Å²) in [6.45, 7) is 2.76. The number of benzene rings is 2. The topological polar surface area (TPSA) is 44.8 Å². The van der Waals surface area contributed by atoms with Crippen molar-refractivity contribution < 1.29 is 13.9 Å². The molecule has 1 fully saturated rings. The molecular formula is C20H22FN3O2. The van der Waals surface area contributed by atoms with Crippen LogP contribution in [0.4, 0.5) is 14.9 Å². The fourth-order valence-electron chi connectivity index (χ4n) is 2.92. The largest absolute Gasteiger partial charge is 0.495 e. The lowest BCUT2D eigenvalue weighted by Gasteiger charge is -2.36. The second-order valence-corrected chi connectivity index (χ2v) is 5.98. The van der Waals surface area contributed by atoms with Gasteiger partial charge in [0.15, 0.2) is 0 Å². The van der Waals surface area contributed by atoms with E-state index in [9.17, 15) is 9.18 Å². The number of anilines is 1. The van der Waals surface area contributed by atoms with E-state index in [4.69, 9.17) is 4.74 Å². The van der Waals surface area contributed by atoms with Crippen LogP contribution >= 0.6 is 0 Å². The van der Waals surface area contributed by atoms with Crippen molar-refractivity contribution in [2.24, 2.45) is 0 Å². The molecule has 2 amide bonds. The number of urea groups is 1. The third-order valence-corrected chi connectivity index (χ3v) is 4.35. The van der Waals surface area contributed by atoms with Gasteiger partial charge in [0.2, 0.25) is 0 Å². The Hall–Kier alpha value is -3.02. The fraction of sp³-hybridized carbons (Fsp3) is 0.250. The van der Waals surface area contributed by atoms with E-state index in [1.807, 2.05) is 24.3 Å². The number of hydrogen-bond acceptors (Lipinski definition) is 3. The maximum Gasteiger partial charge on any atom is 0.321 e. The molecule has 0 bridgehead atoms. The van der Waals surface area contributed by atoms with Crippen molar-refractivity contribution in [2.75, 3.05) is 38.2 Å². The Morgan fingerprint density at radius 1 is 1.08 bits per heavy atom. The highest BCUT2D eigenvalue weighted by Crippen LogP contribution is 2.28. The molecule has 136 valence electrons. The van der Waals surface area contributed by atoms with Crippen LogP contribution in [0.5, 0.6) is 5.75 Å². The van der Waals surface area contributed by atoms with Gasteiger partial charge >= 0.3 is 6.03 Å². The smallest absolute Gasteiger partial charge is 0.321 e. The van der Waals surface area contributed by atoms with Gasteiger partial charge in [0.05, 0.1) is 12.8 Å². The lowest BCUT2D eigenvalue weighted by Crippen LogP contribution is -2.51. The third kappa shape index (κ3) is 4.33. The summed E-state index contributed by atoms with van der Waals surface area (Å²) in [5.41, 5.74) is 1.87. The van der Waals surface area contributed by atoms with Crippen molar-refractivity contribution in [2.45, 2.75) is 0 Å². The number of halogens is 1. The normalized spacial score (nSPS) is 14.5. The van der Waals surface area contributed by atoms with Crippen LogP contribution in [-0.2, 0) is 0 Å². The number of ether oxygens (including phenoxy) is 1. The molecule has 3 rings (SSSR count). The maximum atomic E-state index is 12.9. The predicted molar refractivity (Wildman–Crippen MR) is 101 cm³/mol. The van der Waals surface area contributed by atoms with E-state index in [0.717, 1.165) is 30.1 Å². The van der Waals surface area contributed by atoms with Crippen LogP contribution in [0.15, 0.2) is 54.7 Å². The molecule has 0 spiro atoms. The molecular weight excluding hydrogens is 333 g/mol. The van der Waals surface area contributed by atoms with Crippen molar-refractivity contribution in [3.8, 4) is 5.75 Å². The monoisotopic (exact) mass is 355 g/mol. The lowest BCUT2D eigenvalue weighted by molar-refractivity contribution is 0.198. The van der Waals surface area contributed by atoms with Crippen molar-refractivity contribution in [3.05, 3.63) is 66.1 Å². The molecule has 0 radical (unpaired) electrons. The number of nitrogens with zero attached hydrogens (tertiary/aromatic N) is 2. The summed E-state index contributed by atoms with van der Waals surface area (Å²) in [6, 6.07) is 13.8. The van der Waals surface area contributed by atoms with Crippen LogP contribution in [-0.4, -0.2) is 44.2 Å². The number of carbonyl (C=O) groups excluding carboxylic acids is 1. The molecule has 1 saturated heterocycles. The summed E-state index contributed by atoms with van der Waals surface area (Å²) in [6.07, 6.45) is 3.32. The number of methoxy groups -OCH3 is 1. The molecule has 6 heteroatoms. The highest BCUT2D eigenvalue weighted by molar-refractivity contribution is 5.76. The average Bonchev–Trinajstić information content (AvgIpc) is 2.69. The number of carbonyl (C=O) groups is 1. The van der Waals surface area contributed by atoms with E-state index >= 15 is 0 Å². The molecule has 5 nitrogen and oxygen atoms in total. The van der Waals surface area contributed by atoms with E-state index in [0.29, 0.717) is 13.1 Å². The molecule has 1 aliphatic heterocycles. The molecule has 0 aliphatic carbocycles. The van der Waals surface area contributed by atoms with Crippen LogP contribution in [0.2, 0.25) is 0 Å². The van der Waals surface area contributed by atoms with Gasteiger partial charge in [0, 0.05) is 32.4 Å². The molecule has 0 atom stereocenters. The molecule has 2 aromatic rings. The van der Waals surface area contributed by atoms with Crippen LogP contribution < -0.4 is 15.0 Å². The first-order valence-electron chi connectivity index (χ1n) is 8.53. The van der Waals surface area contributed by atoms with E-state index in [-0.39, 0.29) is 11.8 Å². The number of rotatable bonds is 4. The number of para-hydroxylation sites is 2. The molecule has 1 N–H and O–H groups in total. The highest BCUT2D eigenvalue weighted by atomic mass is 19.1. The van der Waals surface area contributed by atoms with Gasteiger partial charge in [0.25, 0.3) is 0 Å². The Kier molecular flexibility index (Phi) is 5.73. The van der Waals surface area contributed by atoms with Gasteiger partial charge < -0.3 is 19.9 Å². The van der Waals surface area contributed by atoms with E-state index in [2.05, 4.69) is 10.2 Å². The predicted octanol–water partition coefficient (Wildman–Crippen LogP) is 3.34. The number of nitrogens with one attached hydrogen (secondary N) is 1. The zero-order valence-electron chi connectivity index (χ0n) is 14.7. The van der Waals surface area contributed by atoms with Gasteiger partial charge in [-0.15, -0.1) is 0 Å². The van der Waals surface area contributed by atoms with Crippen LogP contribution in [0.25, 0.3) is 6.08 Å². The molecule has 0 aromatic heterocycles. The Bertz CT molecular complexity index is 769. The second-order valence-electron chi connectivity index (χ2n) is 5.98. The Morgan fingerprint density at radius 3 is 2.46 bits per heavy atom. The minimum Gasteiger partial charge on any atom is -0.495 e. The van der Waals surface area contributed by atoms with Gasteiger partial charge in [-0.2, -0.15) is 0 Å². The first-order valence-corrected chi connectivity index (χ1v) is 8.53. The highest BCUT2D eigenvalue weighted by Gasteiger charge is 2.22. The van der Waals surface area contributed by atoms with Gasteiger partial charge in [-0.3, -0.25) is 0 Å². The molecule has 26 heavy (non-hydrogen) atoms. The summed E-state index contributed by atoms with van der Waals surface area (Å²) in [7, 11) is 1.66. The molecule has 1 heterocycles. The minimum absolute atomic E-state index is 0.136. The number of amides is 2. The fourth-order valence-corrected chi connectivity index (χ4v) is 2.92. The number of piperazine rings is 1. The summed E-state index contributed by atoms with van der Waals surface area (Å²) in [5.74, 6) is 0.562. The zero-order valence-corrected chi connectivity index (χ0v) is 14.7. The lowest BCUT2D eigenvalue weighted by atomic mass is 10.2. The number of hydrogen-bond donors (Lipinski definition) is 1. The van der Waals surface area contributed by atoms with Crippen molar-refractivity contribution in [1.82, 2.24) is 10.2 Å². The van der Waals surface area contributed by atoms with E-state index in [1.165, 1.54) is 12.1 Å².